The van der Waals surface area contributed by atoms with Gasteiger partial charge >= 0.3 is 0 Å². The quantitative estimate of drug-likeness (QED) is 0.912. The molecule has 0 aliphatic rings. The van der Waals surface area contributed by atoms with Crippen molar-refractivity contribution < 1.29 is 12.8 Å². The lowest BCUT2D eigenvalue weighted by Gasteiger charge is -2.12. The summed E-state index contributed by atoms with van der Waals surface area (Å²) in [5, 5.41) is 0. The Labute approximate surface area is 123 Å². The highest BCUT2D eigenvalue weighted by atomic mass is 32.2. The minimum Gasteiger partial charge on any atom is -0.324 e. The molecule has 0 saturated carbocycles. The first-order valence-electron chi connectivity index (χ1n) is 6.44. The molecule has 0 fully saturated rings. The van der Waals surface area contributed by atoms with Crippen LogP contribution in [-0.2, 0) is 10.0 Å². The molecule has 6 heteroatoms. The average Bonchev–Trinajstić information content (AvgIpc) is 2.42. The molecule has 0 aliphatic carbocycles. The lowest BCUT2D eigenvalue weighted by molar-refractivity contribution is 0.600. The Morgan fingerprint density at radius 3 is 2.52 bits per heavy atom. The van der Waals surface area contributed by atoms with Crippen LogP contribution >= 0.6 is 0 Å². The summed E-state index contributed by atoms with van der Waals surface area (Å²) in [6.45, 7) is 3.42. The van der Waals surface area contributed by atoms with Crippen LogP contribution in [0.5, 0.6) is 0 Å². The van der Waals surface area contributed by atoms with E-state index < -0.39 is 15.8 Å². The third-order valence-corrected chi connectivity index (χ3v) is 4.49. The zero-order chi connectivity index (χ0) is 15.6. The van der Waals surface area contributed by atoms with Crippen molar-refractivity contribution in [2.45, 2.75) is 24.8 Å². The van der Waals surface area contributed by atoms with Crippen LogP contribution in [0.4, 0.5) is 10.1 Å². The van der Waals surface area contributed by atoms with Gasteiger partial charge in [-0.05, 0) is 55.3 Å². The molecule has 2 rings (SSSR count). The van der Waals surface area contributed by atoms with Gasteiger partial charge in [0.1, 0.15) is 5.82 Å². The normalized spacial score (nSPS) is 13.0. The molecule has 0 amide bonds. The van der Waals surface area contributed by atoms with Crippen LogP contribution in [0.25, 0.3) is 0 Å². The molecule has 0 saturated heterocycles. The van der Waals surface area contributed by atoms with Crippen molar-refractivity contribution in [3.05, 3.63) is 59.4 Å². The minimum absolute atomic E-state index is 0.126. The summed E-state index contributed by atoms with van der Waals surface area (Å²) in [6, 6.07) is 10.1. The molecular formula is C15H17FN2O2S. The molecule has 21 heavy (non-hydrogen) atoms. The molecular weight excluding hydrogens is 291 g/mol. The van der Waals surface area contributed by atoms with Crippen LogP contribution in [0.15, 0.2) is 47.4 Å². The van der Waals surface area contributed by atoms with Crippen molar-refractivity contribution >= 4 is 15.7 Å². The molecule has 1 atom stereocenters. The number of rotatable bonds is 4. The van der Waals surface area contributed by atoms with E-state index in [1.54, 1.807) is 26.0 Å². The zero-order valence-corrected chi connectivity index (χ0v) is 12.6. The molecule has 3 N–H and O–H groups in total. The average molecular weight is 308 g/mol. The van der Waals surface area contributed by atoms with Crippen molar-refractivity contribution in [2.24, 2.45) is 5.73 Å². The van der Waals surface area contributed by atoms with E-state index in [0.717, 1.165) is 5.56 Å². The van der Waals surface area contributed by atoms with Gasteiger partial charge < -0.3 is 5.73 Å². The van der Waals surface area contributed by atoms with Gasteiger partial charge in [0.2, 0.25) is 0 Å². The van der Waals surface area contributed by atoms with Crippen LogP contribution in [-0.4, -0.2) is 8.42 Å². The van der Waals surface area contributed by atoms with Crippen LogP contribution in [0.3, 0.4) is 0 Å². The Kier molecular flexibility index (Phi) is 4.29. The molecule has 0 aliphatic heterocycles. The second-order valence-corrected chi connectivity index (χ2v) is 6.61. The van der Waals surface area contributed by atoms with Crippen LogP contribution < -0.4 is 10.5 Å². The van der Waals surface area contributed by atoms with Crippen LogP contribution in [0.1, 0.15) is 24.1 Å². The largest absolute Gasteiger partial charge is 0.324 e. The molecule has 2 aromatic rings. The third-order valence-electron chi connectivity index (χ3n) is 3.13. The maximum absolute atomic E-state index is 13.1. The van der Waals surface area contributed by atoms with Crippen molar-refractivity contribution in [3.8, 4) is 0 Å². The molecule has 112 valence electrons. The third kappa shape index (κ3) is 3.59. The number of halogens is 1. The molecule has 0 spiro atoms. The van der Waals surface area contributed by atoms with Gasteiger partial charge in [-0.25, -0.2) is 12.8 Å². The number of hydrogen-bond donors (Lipinski definition) is 2. The van der Waals surface area contributed by atoms with E-state index in [1.165, 1.54) is 30.3 Å². The Hall–Kier alpha value is -1.92. The Balaban J connectivity index is 2.36. The number of benzene rings is 2. The summed E-state index contributed by atoms with van der Waals surface area (Å²) < 4.78 is 40.3. The minimum atomic E-state index is -3.73. The Morgan fingerprint density at radius 1 is 1.19 bits per heavy atom. The van der Waals surface area contributed by atoms with E-state index in [1.807, 2.05) is 0 Å². The second-order valence-electron chi connectivity index (χ2n) is 4.93. The SMILES string of the molecule is Cc1cc(F)ccc1NS(=O)(=O)c1cccc(C(C)N)c1. The molecule has 0 aromatic heterocycles. The smallest absolute Gasteiger partial charge is 0.261 e. The van der Waals surface area contributed by atoms with E-state index in [2.05, 4.69) is 4.72 Å². The number of aryl methyl sites for hydroxylation is 1. The number of nitrogens with two attached hydrogens (primary N) is 1. The first kappa shape index (κ1) is 15.5. The van der Waals surface area contributed by atoms with E-state index in [9.17, 15) is 12.8 Å². The first-order chi connectivity index (χ1) is 9.79. The summed E-state index contributed by atoms with van der Waals surface area (Å²) in [5.74, 6) is -0.408. The van der Waals surface area contributed by atoms with Gasteiger partial charge in [0, 0.05) is 6.04 Å². The Bertz CT molecular complexity index is 758. The van der Waals surface area contributed by atoms with Gasteiger partial charge in [-0.3, -0.25) is 4.72 Å². The fourth-order valence-corrected chi connectivity index (χ4v) is 3.10. The van der Waals surface area contributed by atoms with Crippen molar-refractivity contribution in [3.63, 3.8) is 0 Å². The number of anilines is 1. The molecule has 0 heterocycles. The van der Waals surface area contributed by atoms with E-state index in [4.69, 9.17) is 5.73 Å². The fourth-order valence-electron chi connectivity index (χ4n) is 1.91. The van der Waals surface area contributed by atoms with Gasteiger partial charge in [0.05, 0.1) is 10.6 Å². The second kappa shape index (κ2) is 5.83. The summed E-state index contributed by atoms with van der Waals surface area (Å²) in [4.78, 5) is 0.126. The van der Waals surface area contributed by atoms with Gasteiger partial charge in [-0.2, -0.15) is 0 Å². The van der Waals surface area contributed by atoms with E-state index in [0.29, 0.717) is 11.3 Å². The van der Waals surface area contributed by atoms with Crippen molar-refractivity contribution in [1.29, 1.82) is 0 Å². The maximum Gasteiger partial charge on any atom is 0.261 e. The zero-order valence-electron chi connectivity index (χ0n) is 11.8. The summed E-state index contributed by atoms with van der Waals surface area (Å²) >= 11 is 0. The number of sulfonamides is 1. The highest BCUT2D eigenvalue weighted by Gasteiger charge is 2.16. The fraction of sp³-hybridized carbons (Fsp3) is 0.200. The predicted octanol–water partition coefficient (Wildman–Crippen LogP) is 2.95. The standard InChI is InChI=1S/C15H17FN2O2S/c1-10-8-13(16)6-7-15(10)18-21(19,20)14-5-3-4-12(9-14)11(2)17/h3-9,11,18H,17H2,1-2H3. The van der Waals surface area contributed by atoms with Gasteiger partial charge in [0.15, 0.2) is 0 Å². The number of nitrogens with one attached hydrogen (secondary N) is 1. The highest BCUT2D eigenvalue weighted by Crippen LogP contribution is 2.22. The van der Waals surface area contributed by atoms with Crippen LogP contribution in [0, 0.1) is 12.7 Å². The van der Waals surface area contributed by atoms with Crippen molar-refractivity contribution in [1.82, 2.24) is 0 Å². The van der Waals surface area contributed by atoms with Crippen LogP contribution in [0.2, 0.25) is 0 Å². The van der Waals surface area contributed by atoms with E-state index in [-0.39, 0.29) is 10.9 Å². The van der Waals surface area contributed by atoms with Gasteiger partial charge in [-0.1, -0.05) is 12.1 Å². The Morgan fingerprint density at radius 2 is 1.90 bits per heavy atom. The molecule has 1 unspecified atom stereocenters. The molecule has 0 bridgehead atoms. The summed E-state index contributed by atoms with van der Waals surface area (Å²) in [5.41, 5.74) is 7.36. The maximum atomic E-state index is 13.1. The topological polar surface area (TPSA) is 72.2 Å². The van der Waals surface area contributed by atoms with Gasteiger partial charge in [-0.15, -0.1) is 0 Å². The first-order valence-corrected chi connectivity index (χ1v) is 7.92. The summed E-state index contributed by atoms with van der Waals surface area (Å²) in [7, 11) is -3.73. The lowest BCUT2D eigenvalue weighted by atomic mass is 10.1. The number of hydrogen-bond acceptors (Lipinski definition) is 3. The monoisotopic (exact) mass is 308 g/mol. The summed E-state index contributed by atoms with van der Waals surface area (Å²) in [6.07, 6.45) is 0. The highest BCUT2D eigenvalue weighted by molar-refractivity contribution is 7.92. The predicted molar refractivity (Wildman–Crippen MR) is 81.0 cm³/mol. The van der Waals surface area contributed by atoms with E-state index >= 15 is 0 Å². The molecule has 4 nitrogen and oxygen atoms in total. The van der Waals surface area contributed by atoms with Crippen molar-refractivity contribution in [2.75, 3.05) is 4.72 Å². The van der Waals surface area contributed by atoms with Gasteiger partial charge in [0.25, 0.3) is 10.0 Å². The lowest BCUT2D eigenvalue weighted by Crippen LogP contribution is -2.15. The molecule has 2 aromatic carbocycles. The molecule has 0 radical (unpaired) electrons.